The second kappa shape index (κ2) is 6.99. The molecule has 1 heterocycles. The first-order valence-electron chi connectivity index (χ1n) is 7.25. The van der Waals surface area contributed by atoms with Crippen molar-refractivity contribution >= 4 is 16.7 Å². The molecule has 0 aromatic heterocycles. The number of hydrogen-bond acceptors (Lipinski definition) is 5. The van der Waals surface area contributed by atoms with Gasteiger partial charge in [-0.3, -0.25) is 0 Å². The third-order valence-corrected chi connectivity index (χ3v) is 3.56. The zero-order chi connectivity index (χ0) is 17.9. The standard InChI is InChI=1S/C17H19N2O.NO3/c1-18(2)14-7-5-12-9-13-6-8-15(19(3)4)11-17(13)20-16(12)10-14;2-1(3)4/h5-11H,1-4H3;/q+1;-1. The summed E-state index contributed by atoms with van der Waals surface area (Å²) in [6.45, 7) is 0. The quantitative estimate of drug-likeness (QED) is 0.296. The van der Waals surface area contributed by atoms with E-state index in [-0.39, 0.29) is 0 Å². The molecule has 0 atom stereocenters. The fourth-order valence-corrected chi connectivity index (χ4v) is 2.30. The minimum Gasteiger partial charge on any atom is -0.456 e. The second-order valence-electron chi connectivity index (χ2n) is 5.70. The van der Waals surface area contributed by atoms with Gasteiger partial charge in [0.1, 0.15) is 25.4 Å². The van der Waals surface area contributed by atoms with E-state index in [4.69, 9.17) is 19.7 Å². The molecule has 24 heavy (non-hydrogen) atoms. The Hall–Kier alpha value is -3.09. The number of hydrogen-bond donors (Lipinski definition) is 0. The number of nitrogens with zero attached hydrogens (tertiary/aromatic N) is 3. The first kappa shape index (κ1) is 17.3. The summed E-state index contributed by atoms with van der Waals surface area (Å²) in [5.74, 6) is 0.916. The van der Waals surface area contributed by atoms with Gasteiger partial charge in [-0.15, -0.1) is 0 Å². The predicted octanol–water partition coefficient (Wildman–Crippen LogP) is 2.40. The van der Waals surface area contributed by atoms with Gasteiger partial charge >= 0.3 is 0 Å². The summed E-state index contributed by atoms with van der Waals surface area (Å²) in [4.78, 5) is 10.3. The van der Waals surface area contributed by atoms with Crippen molar-refractivity contribution in [1.82, 2.24) is 4.58 Å². The molecule has 0 radical (unpaired) electrons. The van der Waals surface area contributed by atoms with Crippen molar-refractivity contribution in [3.8, 4) is 11.3 Å². The van der Waals surface area contributed by atoms with Crippen molar-refractivity contribution in [3.05, 3.63) is 63.1 Å². The predicted molar refractivity (Wildman–Crippen MR) is 94.6 cm³/mol. The van der Waals surface area contributed by atoms with Crippen LogP contribution in [0, 0.1) is 15.3 Å². The fourth-order valence-electron chi connectivity index (χ4n) is 2.30. The normalized spacial score (nSPS) is 10.2. The molecule has 7 heteroatoms. The molecule has 3 rings (SSSR count). The van der Waals surface area contributed by atoms with Gasteiger partial charge in [0.05, 0.1) is 11.2 Å². The molecule has 0 bridgehead atoms. The summed E-state index contributed by atoms with van der Waals surface area (Å²) >= 11 is 0. The Morgan fingerprint density at radius 1 is 1.00 bits per heavy atom. The van der Waals surface area contributed by atoms with Crippen LogP contribution >= 0.6 is 0 Å². The molecule has 0 saturated carbocycles. The molecule has 126 valence electrons. The van der Waals surface area contributed by atoms with E-state index in [1.165, 1.54) is 0 Å². The Balaban J connectivity index is 0.000000471. The van der Waals surface area contributed by atoms with E-state index < -0.39 is 5.09 Å². The van der Waals surface area contributed by atoms with E-state index in [0.717, 1.165) is 33.3 Å². The SMILES string of the molecule is CN(C)c1ccc2cc3ccc(=[N+](C)C)cc-3oc2c1.O=[N+]([O-])[O-]. The molecular weight excluding hydrogens is 310 g/mol. The van der Waals surface area contributed by atoms with E-state index in [1.54, 1.807) is 0 Å². The van der Waals surface area contributed by atoms with Crippen LogP contribution in [0.5, 0.6) is 0 Å². The summed E-state index contributed by atoms with van der Waals surface area (Å²) in [5.41, 5.74) is 3.18. The molecular formula is C17H19N3O4. The van der Waals surface area contributed by atoms with Gasteiger partial charge in [0.15, 0.2) is 0 Å². The number of anilines is 1. The average Bonchev–Trinajstić information content (AvgIpc) is 2.51. The molecule has 0 unspecified atom stereocenters. The molecule has 1 aromatic carbocycles. The lowest BCUT2D eigenvalue weighted by molar-refractivity contribution is -0.402. The van der Waals surface area contributed by atoms with Gasteiger partial charge in [-0.2, -0.15) is 0 Å². The molecule has 0 saturated heterocycles. The van der Waals surface area contributed by atoms with Crippen LogP contribution in [-0.4, -0.2) is 33.3 Å². The summed E-state index contributed by atoms with van der Waals surface area (Å²) in [7, 11) is 8.14. The molecule has 1 aromatic rings. The van der Waals surface area contributed by atoms with Crippen molar-refractivity contribution in [1.29, 1.82) is 0 Å². The highest BCUT2D eigenvalue weighted by atomic mass is 16.9. The van der Waals surface area contributed by atoms with Crippen molar-refractivity contribution in [2.45, 2.75) is 0 Å². The maximum absolute atomic E-state index is 8.25. The van der Waals surface area contributed by atoms with E-state index in [1.807, 2.05) is 28.2 Å². The van der Waals surface area contributed by atoms with Crippen LogP contribution in [0.4, 0.5) is 5.69 Å². The molecule has 2 aliphatic rings. The van der Waals surface area contributed by atoms with Crippen LogP contribution in [0.1, 0.15) is 0 Å². The first-order valence-corrected chi connectivity index (χ1v) is 7.25. The van der Waals surface area contributed by atoms with Crippen LogP contribution in [0.3, 0.4) is 0 Å². The van der Waals surface area contributed by atoms with Gasteiger partial charge in [0, 0.05) is 42.9 Å². The highest BCUT2D eigenvalue weighted by molar-refractivity contribution is 5.85. The molecule has 0 spiro atoms. The summed E-state index contributed by atoms with van der Waals surface area (Å²) in [5, 5.41) is 17.0. The second-order valence-corrected chi connectivity index (χ2v) is 5.70. The lowest BCUT2D eigenvalue weighted by atomic mass is 10.1. The molecule has 1 aliphatic heterocycles. The molecule has 0 amide bonds. The zero-order valence-electron chi connectivity index (χ0n) is 14.0. The van der Waals surface area contributed by atoms with E-state index in [0.29, 0.717) is 0 Å². The van der Waals surface area contributed by atoms with Crippen LogP contribution < -0.4 is 14.8 Å². The first-order chi connectivity index (χ1) is 11.3. The smallest absolute Gasteiger partial charge is 0.203 e. The number of rotatable bonds is 1. The highest BCUT2D eigenvalue weighted by Gasteiger charge is 2.09. The zero-order valence-corrected chi connectivity index (χ0v) is 14.0. The van der Waals surface area contributed by atoms with E-state index in [2.05, 4.69) is 51.9 Å². The van der Waals surface area contributed by atoms with Crippen LogP contribution in [0.2, 0.25) is 0 Å². The summed E-state index contributed by atoms with van der Waals surface area (Å²) in [6, 6.07) is 14.8. The topological polar surface area (TPSA) is 85.6 Å². The van der Waals surface area contributed by atoms with Crippen molar-refractivity contribution in [2.24, 2.45) is 0 Å². The van der Waals surface area contributed by atoms with E-state index >= 15 is 0 Å². The van der Waals surface area contributed by atoms with Gasteiger partial charge < -0.3 is 24.6 Å². The lowest BCUT2D eigenvalue weighted by Crippen LogP contribution is -2.21. The van der Waals surface area contributed by atoms with E-state index in [9.17, 15) is 0 Å². The maximum Gasteiger partial charge on any atom is 0.203 e. The van der Waals surface area contributed by atoms with Crippen LogP contribution in [-0.2, 0) is 0 Å². The maximum atomic E-state index is 8.25. The van der Waals surface area contributed by atoms with Crippen LogP contribution in [0.15, 0.2) is 46.9 Å². The van der Waals surface area contributed by atoms with Gasteiger partial charge in [0.2, 0.25) is 5.36 Å². The molecule has 0 N–H and O–H groups in total. The van der Waals surface area contributed by atoms with Gasteiger partial charge in [-0.1, -0.05) is 0 Å². The summed E-state index contributed by atoms with van der Waals surface area (Å²) in [6.07, 6.45) is 0. The molecule has 0 fully saturated rings. The Labute approximate surface area is 139 Å². The monoisotopic (exact) mass is 329 g/mol. The Bertz CT molecular complexity index is 907. The minimum atomic E-state index is -1.75. The summed E-state index contributed by atoms with van der Waals surface area (Å²) < 4.78 is 8.15. The Morgan fingerprint density at radius 2 is 1.67 bits per heavy atom. The Morgan fingerprint density at radius 3 is 2.25 bits per heavy atom. The fraction of sp³-hybridized carbons (Fsp3) is 0.235. The number of benzene rings is 2. The molecule has 7 nitrogen and oxygen atoms in total. The minimum absolute atomic E-state index is 0.916. The van der Waals surface area contributed by atoms with Gasteiger partial charge in [-0.25, -0.2) is 4.58 Å². The van der Waals surface area contributed by atoms with Crippen molar-refractivity contribution in [2.75, 3.05) is 33.1 Å². The largest absolute Gasteiger partial charge is 0.456 e. The van der Waals surface area contributed by atoms with Crippen molar-refractivity contribution < 1.29 is 9.50 Å². The van der Waals surface area contributed by atoms with Gasteiger partial charge in [-0.05, 0) is 24.3 Å². The third-order valence-electron chi connectivity index (χ3n) is 3.56. The highest BCUT2D eigenvalue weighted by Crippen LogP contribution is 2.29. The Kier molecular flexibility index (Phi) is 5.03. The lowest BCUT2D eigenvalue weighted by Gasteiger charge is -2.13. The van der Waals surface area contributed by atoms with Crippen LogP contribution in [0.25, 0.3) is 22.3 Å². The third kappa shape index (κ3) is 4.01. The van der Waals surface area contributed by atoms with Gasteiger partial charge in [0.25, 0.3) is 0 Å². The number of fused-ring (bicyclic) bond motifs is 2. The van der Waals surface area contributed by atoms with Crippen molar-refractivity contribution in [3.63, 3.8) is 0 Å². The molecule has 1 aliphatic carbocycles. The average molecular weight is 329 g/mol.